The zero-order chi connectivity index (χ0) is 14.5. The third-order valence-corrected chi connectivity index (χ3v) is 3.93. The Hall–Kier alpha value is -1.60. The van der Waals surface area contributed by atoms with Gasteiger partial charge < -0.3 is 15.2 Å². The predicted molar refractivity (Wildman–Crippen MR) is 71.1 cm³/mol. The minimum absolute atomic E-state index is 0.261. The summed E-state index contributed by atoms with van der Waals surface area (Å²) in [5, 5.41) is 11.1. The Kier molecular flexibility index (Phi) is 4.97. The highest BCUT2D eigenvalue weighted by molar-refractivity contribution is 7.99. The summed E-state index contributed by atoms with van der Waals surface area (Å²) in [6, 6.07) is 4.26. The summed E-state index contributed by atoms with van der Waals surface area (Å²) >= 11 is 1.62. The van der Waals surface area contributed by atoms with Crippen LogP contribution in [0.3, 0.4) is 0 Å². The second-order valence-corrected chi connectivity index (χ2v) is 5.46. The van der Waals surface area contributed by atoms with E-state index >= 15 is 0 Å². The van der Waals surface area contributed by atoms with Gasteiger partial charge in [-0.05, 0) is 30.2 Å². The third kappa shape index (κ3) is 3.94. The number of carbonyl (C=O) groups excluding carboxylic acids is 1. The van der Waals surface area contributed by atoms with Gasteiger partial charge >= 0.3 is 5.97 Å². The topological polar surface area (TPSA) is 75.6 Å². The van der Waals surface area contributed by atoms with Gasteiger partial charge in [-0.1, -0.05) is 0 Å². The minimum atomic E-state index is -1.13. The first-order valence-electron chi connectivity index (χ1n) is 6.07. The van der Waals surface area contributed by atoms with Gasteiger partial charge in [0.15, 0.2) is 0 Å². The molecule has 2 rings (SSSR count). The van der Waals surface area contributed by atoms with E-state index in [2.05, 4.69) is 5.32 Å². The Labute approximate surface area is 119 Å². The second kappa shape index (κ2) is 6.71. The summed E-state index contributed by atoms with van der Waals surface area (Å²) in [5.41, 5.74) is 0.757. The number of thioether (sulfide) groups is 1. The number of amides is 1. The summed E-state index contributed by atoms with van der Waals surface area (Å²) in [5.74, 6) is -1.04. The van der Waals surface area contributed by atoms with Crippen LogP contribution in [0.1, 0.15) is 18.0 Å². The first-order chi connectivity index (χ1) is 9.56. The van der Waals surface area contributed by atoms with Crippen molar-refractivity contribution in [3.63, 3.8) is 0 Å². The SMILES string of the molecule is O=C(O)COCC(=O)NC1CCSc2ccc(F)cc21. The van der Waals surface area contributed by atoms with Crippen molar-refractivity contribution >= 4 is 23.6 Å². The van der Waals surface area contributed by atoms with Gasteiger partial charge in [-0.2, -0.15) is 0 Å². The van der Waals surface area contributed by atoms with E-state index in [1.54, 1.807) is 17.8 Å². The summed E-state index contributed by atoms with van der Waals surface area (Å²) in [4.78, 5) is 22.9. The molecule has 0 radical (unpaired) electrons. The van der Waals surface area contributed by atoms with Gasteiger partial charge in [0, 0.05) is 10.6 Å². The number of hydrogen-bond donors (Lipinski definition) is 2. The molecule has 0 spiro atoms. The Bertz CT molecular complexity index is 523. The van der Waals surface area contributed by atoms with E-state index in [4.69, 9.17) is 9.84 Å². The maximum absolute atomic E-state index is 13.3. The molecule has 7 heteroatoms. The van der Waals surface area contributed by atoms with E-state index in [1.165, 1.54) is 12.1 Å². The zero-order valence-corrected chi connectivity index (χ0v) is 11.4. The van der Waals surface area contributed by atoms with Gasteiger partial charge in [0.05, 0.1) is 6.04 Å². The highest BCUT2D eigenvalue weighted by atomic mass is 32.2. The first kappa shape index (κ1) is 14.8. The molecule has 0 bridgehead atoms. The lowest BCUT2D eigenvalue weighted by Gasteiger charge is -2.25. The average Bonchev–Trinajstić information content (AvgIpc) is 2.39. The first-order valence-corrected chi connectivity index (χ1v) is 7.06. The zero-order valence-electron chi connectivity index (χ0n) is 10.6. The fourth-order valence-corrected chi connectivity index (χ4v) is 3.09. The standard InChI is InChI=1S/C13H14FNO4S/c14-8-1-2-11-9(5-8)10(3-4-20-11)15-12(16)6-19-7-13(17)18/h1-2,5,10H,3-4,6-7H2,(H,15,16)(H,17,18). The number of nitrogens with one attached hydrogen (secondary N) is 1. The van der Waals surface area contributed by atoms with Crippen LogP contribution in [-0.4, -0.2) is 35.9 Å². The van der Waals surface area contributed by atoms with Crippen molar-refractivity contribution < 1.29 is 23.8 Å². The lowest BCUT2D eigenvalue weighted by molar-refractivity contribution is -0.143. The largest absolute Gasteiger partial charge is 0.480 e. The monoisotopic (exact) mass is 299 g/mol. The van der Waals surface area contributed by atoms with Crippen LogP contribution >= 0.6 is 11.8 Å². The van der Waals surface area contributed by atoms with Crippen LogP contribution in [0.5, 0.6) is 0 Å². The van der Waals surface area contributed by atoms with Crippen LogP contribution in [-0.2, 0) is 14.3 Å². The smallest absolute Gasteiger partial charge is 0.329 e. The molecule has 2 N–H and O–H groups in total. The maximum atomic E-state index is 13.3. The molecule has 5 nitrogen and oxygen atoms in total. The van der Waals surface area contributed by atoms with Crippen molar-refractivity contribution in [2.24, 2.45) is 0 Å². The molecule has 1 heterocycles. The quantitative estimate of drug-likeness (QED) is 0.863. The Morgan fingerprint density at radius 2 is 2.25 bits per heavy atom. The highest BCUT2D eigenvalue weighted by Gasteiger charge is 2.22. The molecule has 0 saturated heterocycles. The van der Waals surface area contributed by atoms with Gasteiger partial charge in [0.25, 0.3) is 0 Å². The Morgan fingerprint density at radius 3 is 3.00 bits per heavy atom. The molecule has 1 aliphatic heterocycles. The van der Waals surface area contributed by atoms with E-state index in [9.17, 15) is 14.0 Å². The van der Waals surface area contributed by atoms with E-state index in [-0.39, 0.29) is 18.5 Å². The number of benzene rings is 1. The van der Waals surface area contributed by atoms with Crippen molar-refractivity contribution in [2.75, 3.05) is 19.0 Å². The minimum Gasteiger partial charge on any atom is -0.480 e. The molecule has 20 heavy (non-hydrogen) atoms. The van der Waals surface area contributed by atoms with Crippen molar-refractivity contribution in [1.82, 2.24) is 5.32 Å². The lowest BCUT2D eigenvalue weighted by atomic mass is 10.0. The fraction of sp³-hybridized carbons (Fsp3) is 0.385. The summed E-state index contributed by atoms with van der Waals surface area (Å²) in [6.07, 6.45) is 0.700. The molecule has 0 aliphatic carbocycles. The average molecular weight is 299 g/mol. The van der Waals surface area contributed by atoms with Gasteiger partial charge in [0.2, 0.25) is 5.91 Å². The number of carboxylic acid groups (broad SMARTS) is 1. The second-order valence-electron chi connectivity index (χ2n) is 4.33. The predicted octanol–water partition coefficient (Wildman–Crippen LogP) is 1.58. The van der Waals surface area contributed by atoms with Crippen LogP contribution < -0.4 is 5.32 Å². The van der Waals surface area contributed by atoms with E-state index in [0.717, 1.165) is 16.2 Å². The molecule has 108 valence electrons. The lowest BCUT2D eigenvalue weighted by Crippen LogP contribution is -2.33. The van der Waals surface area contributed by atoms with Crippen molar-refractivity contribution in [2.45, 2.75) is 17.4 Å². The van der Waals surface area contributed by atoms with Crippen molar-refractivity contribution in [1.29, 1.82) is 0 Å². The Balaban J connectivity index is 1.96. The molecule has 1 aromatic rings. The van der Waals surface area contributed by atoms with Crippen LogP contribution in [0.2, 0.25) is 0 Å². The van der Waals surface area contributed by atoms with Crippen LogP contribution in [0, 0.1) is 5.82 Å². The molecule has 0 saturated carbocycles. The maximum Gasteiger partial charge on any atom is 0.329 e. The number of aliphatic carboxylic acids is 1. The number of carbonyl (C=O) groups is 2. The van der Waals surface area contributed by atoms with E-state index in [0.29, 0.717) is 6.42 Å². The normalized spacial score (nSPS) is 17.4. The number of fused-ring (bicyclic) bond motifs is 1. The summed E-state index contributed by atoms with van der Waals surface area (Å²) < 4.78 is 18.0. The fourth-order valence-electron chi connectivity index (χ4n) is 1.98. The van der Waals surface area contributed by atoms with Crippen molar-refractivity contribution in [3.05, 3.63) is 29.6 Å². The molecule has 1 unspecified atom stereocenters. The van der Waals surface area contributed by atoms with E-state index < -0.39 is 18.5 Å². The van der Waals surface area contributed by atoms with Gasteiger partial charge in [0.1, 0.15) is 19.0 Å². The van der Waals surface area contributed by atoms with Crippen LogP contribution in [0.4, 0.5) is 4.39 Å². The van der Waals surface area contributed by atoms with Crippen LogP contribution in [0.15, 0.2) is 23.1 Å². The third-order valence-electron chi connectivity index (χ3n) is 2.81. The van der Waals surface area contributed by atoms with E-state index in [1.807, 2.05) is 0 Å². The number of rotatable bonds is 5. The summed E-state index contributed by atoms with van der Waals surface area (Å²) in [6.45, 7) is -0.834. The molecule has 0 aromatic heterocycles. The molecular weight excluding hydrogens is 285 g/mol. The molecule has 1 aliphatic rings. The van der Waals surface area contributed by atoms with Gasteiger partial charge in [-0.25, -0.2) is 9.18 Å². The summed E-state index contributed by atoms with van der Waals surface area (Å²) in [7, 11) is 0. The van der Waals surface area contributed by atoms with Gasteiger partial charge in [-0.3, -0.25) is 4.79 Å². The number of ether oxygens (including phenoxy) is 1. The van der Waals surface area contributed by atoms with Crippen LogP contribution in [0.25, 0.3) is 0 Å². The molecular formula is C13H14FNO4S. The highest BCUT2D eigenvalue weighted by Crippen LogP contribution is 2.36. The molecule has 1 aromatic carbocycles. The van der Waals surface area contributed by atoms with Gasteiger partial charge in [-0.15, -0.1) is 11.8 Å². The van der Waals surface area contributed by atoms with Crippen molar-refractivity contribution in [3.8, 4) is 0 Å². The molecule has 0 fully saturated rings. The molecule has 1 amide bonds. The number of carboxylic acids is 1. The Morgan fingerprint density at radius 1 is 1.45 bits per heavy atom. The number of halogens is 1. The molecule has 1 atom stereocenters. The number of hydrogen-bond acceptors (Lipinski definition) is 4.